The van der Waals surface area contributed by atoms with E-state index in [1.165, 1.54) is 62.6 Å². The summed E-state index contributed by atoms with van der Waals surface area (Å²) < 4.78 is 44.2. The number of sulfonamides is 1. The average Bonchev–Trinajstić information content (AvgIpc) is 2.99. The fourth-order valence-corrected chi connectivity index (χ4v) is 4.28. The van der Waals surface area contributed by atoms with E-state index in [-0.39, 0.29) is 18.0 Å². The zero-order valence-electron chi connectivity index (χ0n) is 17.5. The van der Waals surface area contributed by atoms with Crippen molar-refractivity contribution in [3.05, 3.63) is 59.9 Å². The van der Waals surface area contributed by atoms with Gasteiger partial charge in [0.2, 0.25) is 10.0 Å². The zero-order valence-corrected chi connectivity index (χ0v) is 18.3. The monoisotopic (exact) mass is 449 g/mol. The molecule has 1 aliphatic rings. The average molecular weight is 450 g/mol. The number of rotatable bonds is 8. The number of benzene rings is 2. The molecule has 8 nitrogen and oxygen atoms in total. The van der Waals surface area contributed by atoms with Crippen LogP contribution in [0, 0.1) is 5.82 Å². The van der Waals surface area contributed by atoms with Crippen molar-refractivity contribution < 1.29 is 27.1 Å². The van der Waals surface area contributed by atoms with Gasteiger partial charge in [-0.25, -0.2) is 21.9 Å². The van der Waals surface area contributed by atoms with E-state index in [1.807, 2.05) is 0 Å². The molecule has 0 saturated carbocycles. The molecule has 1 aliphatic heterocycles. The van der Waals surface area contributed by atoms with Crippen LogP contribution < -0.4 is 10.1 Å². The third-order valence-corrected chi connectivity index (χ3v) is 7.06. The van der Waals surface area contributed by atoms with Crippen molar-refractivity contribution in [2.45, 2.75) is 23.8 Å². The van der Waals surface area contributed by atoms with E-state index >= 15 is 0 Å². The Morgan fingerprint density at radius 2 is 1.68 bits per heavy atom. The SMILES string of the molecule is CC[C@@]1(c2ccc(F)cc2)NC(=O)N(CCOc2ccc(S(=O)(=O)N(C)C)cc2)C1=O. The van der Waals surface area contributed by atoms with E-state index in [1.54, 1.807) is 6.92 Å². The maximum absolute atomic E-state index is 13.3. The fraction of sp³-hybridized carbons (Fsp3) is 0.333. The molecule has 0 radical (unpaired) electrons. The van der Waals surface area contributed by atoms with Gasteiger partial charge in [0.15, 0.2) is 0 Å². The molecule has 0 aliphatic carbocycles. The summed E-state index contributed by atoms with van der Waals surface area (Å²) in [4.78, 5) is 26.7. The lowest BCUT2D eigenvalue weighted by molar-refractivity contribution is -0.132. The van der Waals surface area contributed by atoms with Gasteiger partial charge in [0, 0.05) is 14.1 Å². The number of urea groups is 1. The summed E-state index contributed by atoms with van der Waals surface area (Å²) in [6.07, 6.45) is 0.308. The molecule has 10 heteroatoms. The summed E-state index contributed by atoms with van der Waals surface area (Å²) in [5.74, 6) is -0.450. The van der Waals surface area contributed by atoms with Crippen LogP contribution in [-0.4, -0.2) is 56.8 Å². The molecular formula is C21H24FN3O5S. The minimum atomic E-state index is -3.54. The lowest BCUT2D eigenvalue weighted by Gasteiger charge is -2.25. The lowest BCUT2D eigenvalue weighted by atomic mass is 9.87. The van der Waals surface area contributed by atoms with E-state index in [0.29, 0.717) is 17.7 Å². The first kappa shape index (κ1) is 22.7. The standard InChI is InChI=1S/C21H24FN3O5S/c1-4-21(15-5-7-16(22)8-6-15)19(26)25(20(27)23-21)13-14-30-17-9-11-18(12-10-17)31(28,29)24(2)3/h5-12H,4,13-14H2,1-3H3,(H,23,27)/t21-/m0/s1. The van der Waals surface area contributed by atoms with Crippen molar-refractivity contribution in [2.75, 3.05) is 27.2 Å². The molecule has 3 amide bonds. The predicted octanol–water partition coefficient (Wildman–Crippen LogP) is 2.31. The number of carbonyl (C=O) groups is 2. The predicted molar refractivity (Wildman–Crippen MR) is 111 cm³/mol. The number of hydrogen-bond acceptors (Lipinski definition) is 5. The lowest BCUT2D eigenvalue weighted by Crippen LogP contribution is -2.43. The number of nitrogens with one attached hydrogen (secondary N) is 1. The highest BCUT2D eigenvalue weighted by molar-refractivity contribution is 7.89. The quantitative estimate of drug-likeness (QED) is 0.624. The van der Waals surface area contributed by atoms with Crippen LogP contribution in [0.4, 0.5) is 9.18 Å². The van der Waals surface area contributed by atoms with Crippen molar-refractivity contribution in [2.24, 2.45) is 0 Å². The first-order valence-electron chi connectivity index (χ1n) is 9.67. The van der Waals surface area contributed by atoms with Crippen LogP contribution in [0.3, 0.4) is 0 Å². The number of nitrogens with zero attached hydrogens (tertiary/aromatic N) is 2. The topological polar surface area (TPSA) is 96.0 Å². The van der Waals surface area contributed by atoms with Gasteiger partial charge in [-0.15, -0.1) is 0 Å². The van der Waals surface area contributed by atoms with Crippen LogP contribution in [0.2, 0.25) is 0 Å². The Bertz CT molecular complexity index is 1070. The number of imide groups is 1. The van der Waals surface area contributed by atoms with Gasteiger partial charge in [0.25, 0.3) is 5.91 Å². The summed E-state index contributed by atoms with van der Waals surface area (Å²) in [6.45, 7) is 1.80. The Morgan fingerprint density at radius 3 is 2.23 bits per heavy atom. The first-order valence-corrected chi connectivity index (χ1v) is 11.1. The van der Waals surface area contributed by atoms with E-state index in [9.17, 15) is 22.4 Å². The number of halogens is 1. The van der Waals surface area contributed by atoms with Gasteiger partial charge in [0.1, 0.15) is 23.7 Å². The molecule has 2 aromatic rings. The Kier molecular flexibility index (Phi) is 6.33. The normalized spacial score (nSPS) is 19.1. The molecule has 31 heavy (non-hydrogen) atoms. The van der Waals surface area contributed by atoms with Crippen LogP contribution in [0.5, 0.6) is 5.75 Å². The molecule has 1 saturated heterocycles. The summed E-state index contributed by atoms with van der Waals surface area (Å²) in [5, 5.41) is 2.72. The zero-order chi connectivity index (χ0) is 22.8. The van der Waals surface area contributed by atoms with Crippen LogP contribution in [0.25, 0.3) is 0 Å². The van der Waals surface area contributed by atoms with Gasteiger partial charge in [-0.2, -0.15) is 0 Å². The van der Waals surface area contributed by atoms with Crippen molar-refractivity contribution in [1.82, 2.24) is 14.5 Å². The molecule has 1 atom stereocenters. The molecule has 3 rings (SSSR count). The largest absolute Gasteiger partial charge is 0.492 e. The number of hydrogen-bond donors (Lipinski definition) is 1. The van der Waals surface area contributed by atoms with Crippen LogP contribution in [0.1, 0.15) is 18.9 Å². The Morgan fingerprint density at radius 1 is 1.06 bits per heavy atom. The summed E-state index contributed by atoms with van der Waals surface area (Å²) in [6, 6.07) is 10.8. The highest BCUT2D eigenvalue weighted by Gasteiger charge is 2.51. The molecule has 0 spiro atoms. The molecular weight excluding hydrogens is 425 g/mol. The van der Waals surface area contributed by atoms with Gasteiger partial charge >= 0.3 is 6.03 Å². The summed E-state index contributed by atoms with van der Waals surface area (Å²) in [7, 11) is -0.649. The molecule has 1 fully saturated rings. The smallest absolute Gasteiger partial charge is 0.325 e. The maximum Gasteiger partial charge on any atom is 0.325 e. The van der Waals surface area contributed by atoms with Crippen molar-refractivity contribution in [3.63, 3.8) is 0 Å². The second-order valence-corrected chi connectivity index (χ2v) is 9.41. The van der Waals surface area contributed by atoms with Crippen molar-refractivity contribution in [1.29, 1.82) is 0 Å². The molecule has 0 bridgehead atoms. The second kappa shape index (κ2) is 8.64. The number of amides is 3. The van der Waals surface area contributed by atoms with E-state index in [2.05, 4.69) is 5.32 Å². The maximum atomic E-state index is 13.3. The summed E-state index contributed by atoms with van der Waals surface area (Å²) in [5.41, 5.74) is -0.733. The third kappa shape index (κ3) is 4.26. The summed E-state index contributed by atoms with van der Waals surface area (Å²) >= 11 is 0. The Hall–Kier alpha value is -2.98. The van der Waals surface area contributed by atoms with Crippen LogP contribution in [-0.2, 0) is 20.4 Å². The van der Waals surface area contributed by atoms with E-state index in [0.717, 1.165) is 9.21 Å². The Balaban J connectivity index is 1.66. The number of carbonyl (C=O) groups excluding carboxylic acids is 2. The van der Waals surface area contributed by atoms with Gasteiger partial charge in [-0.05, 0) is 48.4 Å². The second-order valence-electron chi connectivity index (χ2n) is 7.26. The minimum Gasteiger partial charge on any atom is -0.492 e. The van der Waals surface area contributed by atoms with Crippen molar-refractivity contribution >= 4 is 22.0 Å². The molecule has 0 aromatic heterocycles. The van der Waals surface area contributed by atoms with Crippen molar-refractivity contribution in [3.8, 4) is 5.75 Å². The fourth-order valence-electron chi connectivity index (χ4n) is 3.38. The first-order chi connectivity index (χ1) is 14.6. The van der Waals surface area contributed by atoms with E-state index < -0.39 is 33.3 Å². The van der Waals surface area contributed by atoms with E-state index in [4.69, 9.17) is 4.74 Å². The van der Waals surface area contributed by atoms with Gasteiger partial charge < -0.3 is 10.1 Å². The van der Waals surface area contributed by atoms with Crippen LogP contribution in [0.15, 0.2) is 53.4 Å². The molecule has 1 N–H and O–H groups in total. The van der Waals surface area contributed by atoms with Gasteiger partial charge in [-0.3, -0.25) is 9.69 Å². The highest BCUT2D eigenvalue weighted by Crippen LogP contribution is 2.32. The Labute approximate surface area is 180 Å². The molecule has 1 heterocycles. The van der Waals surface area contributed by atoms with Crippen LogP contribution >= 0.6 is 0 Å². The molecule has 0 unspecified atom stereocenters. The third-order valence-electron chi connectivity index (χ3n) is 5.23. The van der Waals surface area contributed by atoms with Gasteiger partial charge in [0.05, 0.1) is 11.4 Å². The number of ether oxygens (including phenoxy) is 1. The highest BCUT2D eigenvalue weighted by atomic mass is 32.2. The molecule has 166 valence electrons. The molecule has 2 aromatic carbocycles. The van der Waals surface area contributed by atoms with Gasteiger partial charge in [-0.1, -0.05) is 19.1 Å². The minimum absolute atomic E-state index is 0.00532.